The van der Waals surface area contributed by atoms with Gasteiger partial charge in [0.15, 0.2) is 0 Å². The van der Waals surface area contributed by atoms with Gasteiger partial charge in [-0.1, -0.05) is 25.7 Å². The molecule has 1 aliphatic heterocycles. The third-order valence-electron chi connectivity index (χ3n) is 4.75. The minimum Gasteiger partial charge on any atom is -0.396 e. The van der Waals surface area contributed by atoms with Gasteiger partial charge in [-0.3, -0.25) is 0 Å². The number of nitrogen functional groups attached to an aromatic ring is 1. The summed E-state index contributed by atoms with van der Waals surface area (Å²) in [4.78, 5) is 2.42. The molecule has 1 aliphatic carbocycles. The second kappa shape index (κ2) is 5.78. The average Bonchev–Trinajstić information content (AvgIpc) is 2.99. The maximum atomic E-state index is 9.43. The summed E-state index contributed by atoms with van der Waals surface area (Å²) in [6.45, 7) is 2.15. The number of hydrogen-bond donors (Lipinski definition) is 1. The maximum absolute atomic E-state index is 9.43. The zero-order valence-electron chi connectivity index (χ0n) is 12.1. The zero-order valence-corrected chi connectivity index (χ0v) is 12.1. The third kappa shape index (κ3) is 2.37. The van der Waals surface area contributed by atoms with Crippen LogP contribution in [0, 0.1) is 11.3 Å². The van der Waals surface area contributed by atoms with Crippen molar-refractivity contribution < 1.29 is 0 Å². The highest BCUT2D eigenvalue weighted by atomic mass is 15.3. The number of anilines is 2. The van der Waals surface area contributed by atoms with Gasteiger partial charge in [0.05, 0.1) is 5.69 Å². The molecule has 0 unspecified atom stereocenters. The van der Waals surface area contributed by atoms with Crippen molar-refractivity contribution in [3.63, 3.8) is 0 Å². The van der Waals surface area contributed by atoms with E-state index in [2.05, 4.69) is 15.5 Å². The van der Waals surface area contributed by atoms with Crippen LogP contribution in [-0.2, 0) is 0 Å². The first-order valence-electron chi connectivity index (χ1n) is 7.97. The second-order valence-electron chi connectivity index (χ2n) is 6.13. The van der Waals surface area contributed by atoms with Crippen molar-refractivity contribution >= 4 is 11.5 Å². The molecule has 2 heterocycles. The van der Waals surface area contributed by atoms with Crippen LogP contribution in [0.2, 0.25) is 0 Å². The molecule has 2 fully saturated rings. The molecule has 0 spiro atoms. The fraction of sp³-hybridized carbons (Fsp3) is 0.688. The van der Waals surface area contributed by atoms with Gasteiger partial charge < -0.3 is 15.2 Å². The molecule has 2 aliphatic rings. The van der Waals surface area contributed by atoms with Crippen LogP contribution in [0.4, 0.5) is 11.5 Å². The number of aromatic nitrogens is 1. The lowest BCUT2D eigenvalue weighted by Gasteiger charge is -2.28. The number of nitriles is 1. The molecule has 0 amide bonds. The van der Waals surface area contributed by atoms with Crippen LogP contribution in [0.25, 0.3) is 0 Å². The van der Waals surface area contributed by atoms with Crippen LogP contribution in [0.15, 0.2) is 6.07 Å². The Labute approximate surface area is 121 Å². The lowest BCUT2D eigenvalue weighted by atomic mass is 10.2. The first kappa shape index (κ1) is 13.4. The Morgan fingerprint density at radius 1 is 1.05 bits per heavy atom. The third-order valence-corrected chi connectivity index (χ3v) is 4.75. The van der Waals surface area contributed by atoms with E-state index in [1.165, 1.54) is 51.4 Å². The van der Waals surface area contributed by atoms with Crippen LogP contribution in [-0.4, -0.2) is 17.7 Å². The van der Waals surface area contributed by atoms with Crippen LogP contribution in [0.1, 0.15) is 63.1 Å². The Bertz CT molecular complexity index is 497. The topological polar surface area (TPSA) is 58.0 Å². The summed E-state index contributed by atoms with van der Waals surface area (Å²) in [5.41, 5.74) is 7.79. The summed E-state index contributed by atoms with van der Waals surface area (Å²) in [6.07, 6.45) is 10.00. The lowest BCUT2D eigenvalue weighted by molar-refractivity contribution is 0.511. The van der Waals surface area contributed by atoms with Crippen molar-refractivity contribution in [2.75, 3.05) is 23.7 Å². The molecule has 1 saturated carbocycles. The fourth-order valence-corrected chi connectivity index (χ4v) is 3.77. The number of nitrogens with two attached hydrogens (primary N) is 1. The minimum absolute atomic E-state index is 0.472. The van der Waals surface area contributed by atoms with Crippen LogP contribution in [0.5, 0.6) is 0 Å². The van der Waals surface area contributed by atoms with Crippen molar-refractivity contribution in [2.24, 2.45) is 0 Å². The predicted molar refractivity (Wildman–Crippen MR) is 81.7 cm³/mol. The molecule has 1 aromatic rings. The smallest absolute Gasteiger partial charge is 0.133 e. The summed E-state index contributed by atoms with van der Waals surface area (Å²) in [5.74, 6) is 1.12. The van der Waals surface area contributed by atoms with Gasteiger partial charge in [0, 0.05) is 19.1 Å². The Kier molecular flexibility index (Phi) is 3.86. The summed E-state index contributed by atoms with van der Waals surface area (Å²) in [5, 5.41) is 9.43. The molecular formula is C16H24N4. The van der Waals surface area contributed by atoms with E-state index in [4.69, 9.17) is 5.73 Å². The van der Waals surface area contributed by atoms with E-state index in [-0.39, 0.29) is 0 Å². The average molecular weight is 272 g/mol. The highest BCUT2D eigenvalue weighted by molar-refractivity contribution is 5.68. The minimum atomic E-state index is 0.472. The molecule has 1 saturated heterocycles. The molecule has 4 nitrogen and oxygen atoms in total. The number of rotatable bonds is 2. The Balaban J connectivity index is 1.99. The van der Waals surface area contributed by atoms with Crippen molar-refractivity contribution in [1.82, 2.24) is 4.57 Å². The standard InChI is InChI=1S/C16H24N4/c17-12-14-11-15(18)16(19-9-5-1-2-6-10-19)20(14)13-7-3-4-8-13/h11,13H,1-10,18H2. The predicted octanol–water partition coefficient (Wildman–Crippen LogP) is 3.44. The van der Waals surface area contributed by atoms with Gasteiger partial charge >= 0.3 is 0 Å². The Morgan fingerprint density at radius 2 is 1.70 bits per heavy atom. The van der Waals surface area contributed by atoms with E-state index >= 15 is 0 Å². The lowest BCUT2D eigenvalue weighted by Crippen LogP contribution is -2.28. The fourth-order valence-electron chi connectivity index (χ4n) is 3.77. The molecule has 0 aromatic carbocycles. The first-order chi connectivity index (χ1) is 9.81. The van der Waals surface area contributed by atoms with Gasteiger partial charge in [0.2, 0.25) is 0 Å². The van der Waals surface area contributed by atoms with Crippen molar-refractivity contribution in [3.05, 3.63) is 11.8 Å². The van der Waals surface area contributed by atoms with Gasteiger partial charge in [0.1, 0.15) is 17.6 Å². The van der Waals surface area contributed by atoms with E-state index in [0.29, 0.717) is 6.04 Å². The molecule has 0 bridgehead atoms. The van der Waals surface area contributed by atoms with Crippen molar-refractivity contribution in [3.8, 4) is 6.07 Å². The molecule has 0 radical (unpaired) electrons. The van der Waals surface area contributed by atoms with Crippen LogP contribution < -0.4 is 10.6 Å². The SMILES string of the molecule is N#Cc1cc(N)c(N2CCCCCC2)n1C1CCCC1. The van der Waals surface area contributed by atoms with E-state index < -0.39 is 0 Å². The van der Waals surface area contributed by atoms with E-state index in [1.807, 2.05) is 6.07 Å². The van der Waals surface area contributed by atoms with Gasteiger partial charge in [-0.2, -0.15) is 5.26 Å². The molecule has 2 N–H and O–H groups in total. The first-order valence-corrected chi connectivity index (χ1v) is 7.97. The van der Waals surface area contributed by atoms with Gasteiger partial charge in [-0.25, -0.2) is 0 Å². The molecule has 0 atom stereocenters. The van der Waals surface area contributed by atoms with Gasteiger partial charge in [-0.15, -0.1) is 0 Å². The zero-order chi connectivity index (χ0) is 13.9. The Morgan fingerprint density at radius 3 is 2.30 bits per heavy atom. The van der Waals surface area contributed by atoms with Crippen molar-refractivity contribution in [2.45, 2.75) is 57.4 Å². The normalized spacial score (nSPS) is 20.9. The molecule has 108 valence electrons. The molecule has 3 rings (SSSR count). The molecule has 4 heteroatoms. The summed E-state index contributed by atoms with van der Waals surface area (Å²) in [6, 6.07) is 4.69. The molecular weight excluding hydrogens is 248 g/mol. The summed E-state index contributed by atoms with van der Waals surface area (Å²) < 4.78 is 2.24. The Hall–Kier alpha value is -1.63. The maximum Gasteiger partial charge on any atom is 0.133 e. The van der Waals surface area contributed by atoms with E-state index in [9.17, 15) is 5.26 Å². The van der Waals surface area contributed by atoms with Gasteiger partial charge in [-0.05, 0) is 31.7 Å². The highest BCUT2D eigenvalue weighted by Gasteiger charge is 2.27. The monoisotopic (exact) mass is 272 g/mol. The van der Waals surface area contributed by atoms with Crippen LogP contribution >= 0.6 is 0 Å². The second-order valence-corrected chi connectivity index (χ2v) is 6.13. The highest BCUT2D eigenvalue weighted by Crippen LogP contribution is 2.39. The quantitative estimate of drug-likeness (QED) is 0.897. The molecule has 1 aromatic heterocycles. The largest absolute Gasteiger partial charge is 0.396 e. The van der Waals surface area contributed by atoms with Crippen molar-refractivity contribution in [1.29, 1.82) is 5.26 Å². The summed E-state index contributed by atoms with van der Waals surface area (Å²) in [7, 11) is 0. The van der Waals surface area contributed by atoms with Gasteiger partial charge in [0.25, 0.3) is 0 Å². The summed E-state index contributed by atoms with van der Waals surface area (Å²) >= 11 is 0. The number of nitrogens with zero attached hydrogens (tertiary/aromatic N) is 3. The van der Waals surface area contributed by atoms with Crippen LogP contribution in [0.3, 0.4) is 0 Å². The van der Waals surface area contributed by atoms with E-state index in [1.54, 1.807) is 0 Å². The van der Waals surface area contributed by atoms with E-state index in [0.717, 1.165) is 30.3 Å². The number of hydrogen-bond acceptors (Lipinski definition) is 3. The molecule has 20 heavy (non-hydrogen) atoms.